The van der Waals surface area contributed by atoms with E-state index in [4.69, 9.17) is 26.8 Å². The Morgan fingerprint density at radius 1 is 1.10 bits per heavy atom. The molecule has 0 amide bonds. The molecule has 0 fully saturated rings. The molecule has 1 unspecified atom stereocenters. The van der Waals surface area contributed by atoms with Crippen LogP contribution in [0.1, 0.15) is 11.7 Å². The highest BCUT2D eigenvalue weighted by molar-refractivity contribution is 9.11. The number of ether oxygens (including phenoxy) is 2. The van der Waals surface area contributed by atoms with Crippen molar-refractivity contribution < 1.29 is 9.47 Å². The first kappa shape index (κ1) is 16.6. The maximum absolute atomic E-state index is 6.00. The van der Waals surface area contributed by atoms with Crippen LogP contribution in [0.15, 0.2) is 45.3 Å². The highest BCUT2D eigenvalue weighted by atomic mass is 79.9. The molecular weight excluding hydrogens is 421 g/mol. The van der Waals surface area contributed by atoms with Crippen molar-refractivity contribution in [3.05, 3.63) is 55.9 Å². The van der Waals surface area contributed by atoms with Gasteiger partial charge in [-0.15, -0.1) is 0 Å². The lowest BCUT2D eigenvalue weighted by atomic mass is 10.1. The van der Waals surface area contributed by atoms with E-state index in [9.17, 15) is 0 Å². The largest absolute Gasteiger partial charge is 0.496 e. The Morgan fingerprint density at radius 3 is 2.24 bits per heavy atom. The van der Waals surface area contributed by atoms with E-state index in [-0.39, 0.29) is 6.10 Å². The van der Waals surface area contributed by atoms with E-state index in [2.05, 4.69) is 31.9 Å². The summed E-state index contributed by atoms with van der Waals surface area (Å²) in [5, 5.41) is 0.683. The molecule has 1 atom stereocenters. The summed E-state index contributed by atoms with van der Waals surface area (Å²) in [6.45, 7) is 0.359. The summed E-state index contributed by atoms with van der Waals surface area (Å²) in [5.41, 5.74) is 6.80. The van der Waals surface area contributed by atoms with Crippen LogP contribution in [0.3, 0.4) is 0 Å². The molecule has 0 heterocycles. The molecule has 3 nitrogen and oxygen atoms in total. The summed E-state index contributed by atoms with van der Waals surface area (Å²) in [6, 6.07) is 11.2. The number of hydrogen-bond acceptors (Lipinski definition) is 3. The molecule has 112 valence electrons. The van der Waals surface area contributed by atoms with E-state index >= 15 is 0 Å². The van der Waals surface area contributed by atoms with Crippen molar-refractivity contribution >= 4 is 43.5 Å². The molecule has 0 aliphatic heterocycles. The molecule has 0 radical (unpaired) electrons. The number of benzene rings is 2. The summed E-state index contributed by atoms with van der Waals surface area (Å²) < 4.78 is 12.9. The maximum atomic E-state index is 6.00. The van der Waals surface area contributed by atoms with Gasteiger partial charge in [-0.2, -0.15) is 0 Å². The monoisotopic (exact) mass is 433 g/mol. The number of hydrogen-bond donors (Lipinski definition) is 1. The van der Waals surface area contributed by atoms with Gasteiger partial charge in [-0.3, -0.25) is 0 Å². The molecule has 2 rings (SSSR count). The van der Waals surface area contributed by atoms with Gasteiger partial charge >= 0.3 is 0 Å². The van der Waals surface area contributed by atoms with Crippen molar-refractivity contribution in [2.45, 2.75) is 6.10 Å². The second-order valence-corrected chi connectivity index (χ2v) is 6.46. The van der Waals surface area contributed by atoms with Crippen molar-refractivity contribution in [2.24, 2.45) is 5.73 Å². The predicted molar refractivity (Wildman–Crippen MR) is 92.3 cm³/mol. The zero-order valence-corrected chi connectivity index (χ0v) is 15.2. The Morgan fingerprint density at radius 2 is 1.67 bits per heavy atom. The standard InChI is InChI=1S/C15H14Br2ClNO2/c1-20-13-6-12(17)14(7-11(13)16)21-15(8-19)9-2-4-10(18)5-3-9/h2-7,15H,8,19H2,1H3. The van der Waals surface area contributed by atoms with Crippen molar-refractivity contribution in [3.63, 3.8) is 0 Å². The van der Waals surface area contributed by atoms with Crippen molar-refractivity contribution in [1.29, 1.82) is 0 Å². The Balaban J connectivity index is 2.26. The molecule has 0 saturated heterocycles. The predicted octanol–water partition coefficient (Wildman–Crippen LogP) is 4.95. The molecule has 0 aromatic heterocycles. The van der Waals surface area contributed by atoms with Gasteiger partial charge in [-0.25, -0.2) is 0 Å². The van der Waals surface area contributed by atoms with Gasteiger partial charge in [0.15, 0.2) is 0 Å². The van der Waals surface area contributed by atoms with Crippen LogP contribution in [0.4, 0.5) is 0 Å². The third-order valence-electron chi connectivity index (χ3n) is 2.93. The van der Waals surface area contributed by atoms with E-state index in [1.54, 1.807) is 7.11 Å². The van der Waals surface area contributed by atoms with Crippen LogP contribution < -0.4 is 15.2 Å². The molecule has 0 aliphatic carbocycles. The minimum Gasteiger partial charge on any atom is -0.496 e. The smallest absolute Gasteiger partial charge is 0.136 e. The molecule has 21 heavy (non-hydrogen) atoms. The summed E-state index contributed by atoms with van der Waals surface area (Å²) >= 11 is 12.8. The van der Waals surface area contributed by atoms with E-state index in [0.717, 1.165) is 20.3 Å². The van der Waals surface area contributed by atoms with Gasteiger partial charge in [0, 0.05) is 11.6 Å². The normalized spacial score (nSPS) is 12.0. The number of methoxy groups -OCH3 is 1. The third kappa shape index (κ3) is 4.13. The second kappa shape index (κ2) is 7.49. The second-order valence-electron chi connectivity index (χ2n) is 4.31. The number of halogens is 3. The summed E-state index contributed by atoms with van der Waals surface area (Å²) in [4.78, 5) is 0. The molecule has 2 aromatic rings. The van der Waals surface area contributed by atoms with E-state index in [0.29, 0.717) is 17.3 Å². The van der Waals surface area contributed by atoms with Crippen LogP contribution in [0.2, 0.25) is 5.02 Å². The average molecular weight is 436 g/mol. The van der Waals surface area contributed by atoms with Crippen LogP contribution in [0.25, 0.3) is 0 Å². The molecule has 2 aromatic carbocycles. The molecule has 6 heteroatoms. The SMILES string of the molecule is COc1cc(Br)c(OC(CN)c2ccc(Cl)cc2)cc1Br. The van der Waals surface area contributed by atoms with Crippen LogP contribution in [0, 0.1) is 0 Å². The number of nitrogens with two attached hydrogens (primary N) is 1. The first-order chi connectivity index (χ1) is 10.0. The van der Waals surface area contributed by atoms with Gasteiger partial charge < -0.3 is 15.2 Å². The lowest BCUT2D eigenvalue weighted by Gasteiger charge is -2.19. The molecule has 0 saturated carbocycles. The minimum absolute atomic E-state index is 0.251. The van der Waals surface area contributed by atoms with Gasteiger partial charge in [0.2, 0.25) is 0 Å². The fourth-order valence-electron chi connectivity index (χ4n) is 1.84. The van der Waals surface area contributed by atoms with Gasteiger partial charge in [0.1, 0.15) is 17.6 Å². The lowest BCUT2D eigenvalue weighted by molar-refractivity contribution is 0.212. The summed E-state index contributed by atoms with van der Waals surface area (Å²) in [7, 11) is 1.61. The molecular formula is C15H14Br2ClNO2. The zero-order valence-electron chi connectivity index (χ0n) is 11.3. The quantitative estimate of drug-likeness (QED) is 0.723. The van der Waals surface area contributed by atoms with E-state index in [1.165, 1.54) is 0 Å². The van der Waals surface area contributed by atoms with Crippen LogP contribution in [-0.2, 0) is 0 Å². The highest BCUT2D eigenvalue weighted by Crippen LogP contribution is 2.37. The van der Waals surface area contributed by atoms with Crippen LogP contribution in [0.5, 0.6) is 11.5 Å². The first-order valence-electron chi connectivity index (χ1n) is 6.20. The first-order valence-corrected chi connectivity index (χ1v) is 8.16. The molecule has 0 bridgehead atoms. The summed E-state index contributed by atoms with van der Waals surface area (Å²) in [6.07, 6.45) is -0.251. The molecule has 0 aliphatic rings. The van der Waals surface area contributed by atoms with Gasteiger partial charge in [0.05, 0.1) is 16.1 Å². The van der Waals surface area contributed by atoms with Gasteiger partial charge in [-0.1, -0.05) is 23.7 Å². The maximum Gasteiger partial charge on any atom is 0.136 e. The Labute approximate surface area is 145 Å². The molecule has 2 N–H and O–H groups in total. The van der Waals surface area contributed by atoms with Crippen molar-refractivity contribution in [1.82, 2.24) is 0 Å². The molecule has 0 spiro atoms. The topological polar surface area (TPSA) is 44.5 Å². The van der Waals surface area contributed by atoms with Crippen molar-refractivity contribution in [2.75, 3.05) is 13.7 Å². The zero-order chi connectivity index (χ0) is 15.4. The number of rotatable bonds is 5. The minimum atomic E-state index is -0.251. The van der Waals surface area contributed by atoms with Gasteiger partial charge in [0.25, 0.3) is 0 Å². The Hall–Kier alpha value is -0.750. The summed E-state index contributed by atoms with van der Waals surface area (Å²) in [5.74, 6) is 1.41. The van der Waals surface area contributed by atoms with E-state index < -0.39 is 0 Å². The van der Waals surface area contributed by atoms with E-state index in [1.807, 2.05) is 36.4 Å². The Kier molecular flexibility index (Phi) is 5.93. The van der Waals surface area contributed by atoms with Crippen LogP contribution >= 0.6 is 43.5 Å². The van der Waals surface area contributed by atoms with Crippen molar-refractivity contribution in [3.8, 4) is 11.5 Å². The average Bonchev–Trinajstić information content (AvgIpc) is 2.48. The fourth-order valence-corrected chi connectivity index (χ4v) is 2.87. The van der Waals surface area contributed by atoms with Gasteiger partial charge in [-0.05, 0) is 61.7 Å². The lowest BCUT2D eigenvalue weighted by Crippen LogP contribution is -2.18. The highest BCUT2D eigenvalue weighted by Gasteiger charge is 2.15. The van der Waals surface area contributed by atoms with Crippen LogP contribution in [-0.4, -0.2) is 13.7 Å². The Bertz CT molecular complexity index is 620. The fraction of sp³-hybridized carbons (Fsp3) is 0.200. The third-order valence-corrected chi connectivity index (χ3v) is 4.42.